The Morgan fingerprint density at radius 3 is 2.47 bits per heavy atom. The molecule has 0 radical (unpaired) electrons. The summed E-state index contributed by atoms with van der Waals surface area (Å²) in [7, 11) is 1.39. The quantitative estimate of drug-likeness (QED) is 0.223. The first-order chi connectivity index (χ1) is 23.2. The van der Waals surface area contributed by atoms with Crippen molar-refractivity contribution in [2.45, 2.75) is 57.3 Å². The molecule has 0 spiro atoms. The predicted molar refractivity (Wildman–Crippen MR) is 173 cm³/mol. The van der Waals surface area contributed by atoms with E-state index in [9.17, 15) is 14.4 Å². The normalized spacial score (nSPS) is 19.2. The first-order valence-electron chi connectivity index (χ1n) is 15.5. The third kappa shape index (κ3) is 5.23. The third-order valence-electron chi connectivity index (χ3n) is 8.89. The van der Waals surface area contributed by atoms with Crippen LogP contribution in [0.25, 0.3) is 11.1 Å². The number of aromatic nitrogens is 2. The zero-order valence-corrected chi connectivity index (χ0v) is 27.7. The molecule has 0 bridgehead atoms. The number of hydrogen-bond acceptors (Lipinski definition) is 8. The Kier molecular flexibility index (Phi) is 7.58. The van der Waals surface area contributed by atoms with Gasteiger partial charge in [-0.3, -0.25) is 9.59 Å². The van der Waals surface area contributed by atoms with Gasteiger partial charge in [-0.15, -0.1) is 0 Å². The molecule has 49 heavy (non-hydrogen) atoms. The molecular weight excluding hydrogens is 662 g/mol. The first kappa shape index (κ1) is 32.4. The van der Waals surface area contributed by atoms with Gasteiger partial charge in [0.05, 0.1) is 22.8 Å². The minimum Gasteiger partial charge on any atom is -0.480 e. The van der Waals surface area contributed by atoms with E-state index in [0.717, 1.165) is 16.8 Å². The Labute approximate surface area is 284 Å². The fourth-order valence-corrected chi connectivity index (χ4v) is 7.08. The molecule has 2 N–H and O–H groups in total. The van der Waals surface area contributed by atoms with Crippen molar-refractivity contribution >= 4 is 23.6 Å². The molecule has 4 aromatic rings. The van der Waals surface area contributed by atoms with Gasteiger partial charge in [0.2, 0.25) is 17.4 Å². The van der Waals surface area contributed by atoms with E-state index in [-0.39, 0.29) is 40.5 Å². The Balaban J connectivity index is 1.42. The van der Waals surface area contributed by atoms with Crippen molar-refractivity contribution in [3.05, 3.63) is 92.4 Å². The number of hydrogen-bond donors (Lipinski definition) is 1. The molecule has 7 rings (SSSR count). The highest BCUT2D eigenvalue weighted by Gasteiger charge is 2.54. The number of nitrogens with two attached hydrogens (primary N) is 1. The summed E-state index contributed by atoms with van der Waals surface area (Å²) in [6.45, 7) is 5.70. The summed E-state index contributed by atoms with van der Waals surface area (Å²) < 4.78 is 57.5. The lowest BCUT2D eigenvalue weighted by Crippen LogP contribution is -2.53. The number of halogens is 3. The average molecular weight is 693 g/mol. The van der Waals surface area contributed by atoms with Crippen LogP contribution in [-0.4, -0.2) is 44.9 Å². The van der Waals surface area contributed by atoms with E-state index in [1.54, 1.807) is 25.7 Å². The monoisotopic (exact) mass is 692 g/mol. The van der Waals surface area contributed by atoms with Gasteiger partial charge in [0.15, 0.2) is 22.9 Å². The first-order valence-corrected chi connectivity index (χ1v) is 15.9. The maximum atomic E-state index is 16.8. The van der Waals surface area contributed by atoms with Crippen molar-refractivity contribution in [1.82, 2.24) is 14.7 Å². The van der Waals surface area contributed by atoms with Crippen LogP contribution in [0.2, 0.25) is 5.02 Å². The second-order valence-electron chi connectivity index (χ2n) is 13.2. The Hall–Kier alpha value is -5.17. The van der Waals surface area contributed by atoms with Crippen molar-refractivity contribution < 1.29 is 37.3 Å². The molecule has 0 saturated carbocycles. The van der Waals surface area contributed by atoms with Crippen LogP contribution < -0.4 is 25.5 Å². The fourth-order valence-electron chi connectivity index (χ4n) is 6.82. The van der Waals surface area contributed by atoms with E-state index < -0.39 is 68.3 Å². The zero-order valence-electron chi connectivity index (χ0n) is 26.9. The second kappa shape index (κ2) is 11.5. The Morgan fingerprint density at radius 2 is 1.78 bits per heavy atom. The van der Waals surface area contributed by atoms with Crippen molar-refractivity contribution in [2.75, 3.05) is 6.54 Å². The molecule has 1 aromatic heterocycles. The summed E-state index contributed by atoms with van der Waals surface area (Å²) in [4.78, 5) is 40.7. The molecule has 254 valence electrons. The van der Waals surface area contributed by atoms with Crippen LogP contribution in [0.5, 0.6) is 28.7 Å². The van der Waals surface area contributed by atoms with Crippen molar-refractivity contribution in [1.29, 1.82) is 0 Å². The van der Waals surface area contributed by atoms with Gasteiger partial charge in [0.1, 0.15) is 17.2 Å². The number of aryl methyl sites for hydroxylation is 1. The predicted octanol–water partition coefficient (Wildman–Crippen LogP) is 6.61. The smallest absolute Gasteiger partial charge is 0.410 e. The molecule has 11 nitrogen and oxygen atoms in total. The number of fused-ring (bicyclic) bond motifs is 3. The largest absolute Gasteiger partial charge is 0.480 e. The lowest BCUT2D eigenvalue weighted by atomic mass is 9.79. The van der Waals surface area contributed by atoms with Crippen molar-refractivity contribution in [3.63, 3.8) is 0 Å². The highest BCUT2D eigenvalue weighted by atomic mass is 35.5. The number of primary amides is 1. The van der Waals surface area contributed by atoms with E-state index in [1.165, 1.54) is 13.2 Å². The summed E-state index contributed by atoms with van der Waals surface area (Å²) in [6, 6.07) is 10.8. The van der Waals surface area contributed by atoms with Gasteiger partial charge < -0.3 is 29.6 Å². The van der Waals surface area contributed by atoms with E-state index in [2.05, 4.69) is 5.10 Å². The topological polar surface area (TPSA) is 135 Å². The molecule has 3 aliphatic heterocycles. The SMILES string of the molecule is Cn1ncc2c(c1=O)Oc1cc(C(N)=O)c(-c3c(Cl)c(F)cc4c3C[C@](c3ccccc3)([C@@H]3CCCN3C(=O)OC(C)(C)C)O4)c(F)c1O2. The number of carbonyl (C=O) groups is 2. The van der Waals surface area contributed by atoms with E-state index >= 15 is 8.78 Å². The molecule has 3 aromatic carbocycles. The summed E-state index contributed by atoms with van der Waals surface area (Å²) in [5.41, 5.74) is 2.99. The number of ether oxygens (including phenoxy) is 4. The molecule has 2 amide bonds. The van der Waals surface area contributed by atoms with Gasteiger partial charge in [-0.1, -0.05) is 41.9 Å². The molecular formula is C35H31ClF2N4O7. The number of amides is 2. The molecule has 1 fully saturated rings. The van der Waals surface area contributed by atoms with Crippen LogP contribution in [-0.2, 0) is 23.8 Å². The molecule has 0 unspecified atom stereocenters. The van der Waals surface area contributed by atoms with Gasteiger partial charge in [-0.25, -0.2) is 18.3 Å². The Bertz CT molecular complexity index is 2120. The van der Waals surface area contributed by atoms with Gasteiger partial charge in [0.25, 0.3) is 0 Å². The van der Waals surface area contributed by atoms with Crippen LogP contribution in [0.3, 0.4) is 0 Å². The van der Waals surface area contributed by atoms with Crippen LogP contribution >= 0.6 is 11.6 Å². The maximum Gasteiger partial charge on any atom is 0.410 e. The fraction of sp³-hybridized carbons (Fsp3) is 0.314. The van der Waals surface area contributed by atoms with E-state index in [4.69, 9.17) is 36.3 Å². The Morgan fingerprint density at radius 1 is 1.06 bits per heavy atom. The molecule has 1 saturated heterocycles. The number of benzene rings is 3. The maximum absolute atomic E-state index is 16.8. The minimum atomic E-state index is -1.29. The molecule has 0 aliphatic carbocycles. The van der Waals surface area contributed by atoms with Crippen LogP contribution in [0.4, 0.5) is 13.6 Å². The molecule has 3 aliphatic rings. The van der Waals surface area contributed by atoms with Crippen molar-refractivity contribution in [3.8, 4) is 39.9 Å². The number of nitrogens with zero attached hydrogens (tertiary/aromatic N) is 3. The standard InChI is InChI=1S/C35H31ClF2N4O7/c1-34(2,3)49-33(45)42-12-8-11-24(42)35(17-9-6-5-7-10-17)15-19-21(48-35)14-20(37)27(36)25(19)26-18(31(39)43)13-22-29(28(26)38)47-23-16-40-41(4)32(44)30(23)46-22/h5-7,9-10,13-14,16,24H,8,11-12,15H2,1-4H3,(H2,39,43)/t24-,35-/m0/s1. The van der Waals surface area contributed by atoms with E-state index in [0.29, 0.717) is 24.9 Å². The third-order valence-corrected chi connectivity index (χ3v) is 9.26. The van der Waals surface area contributed by atoms with Crippen LogP contribution in [0.1, 0.15) is 55.1 Å². The zero-order chi connectivity index (χ0) is 35.0. The average Bonchev–Trinajstić information content (AvgIpc) is 3.70. The summed E-state index contributed by atoms with van der Waals surface area (Å²) in [6.07, 6.45) is 1.80. The van der Waals surface area contributed by atoms with Gasteiger partial charge >= 0.3 is 11.7 Å². The van der Waals surface area contributed by atoms with Gasteiger partial charge in [0, 0.05) is 42.8 Å². The van der Waals surface area contributed by atoms with Crippen molar-refractivity contribution in [2.24, 2.45) is 12.8 Å². The van der Waals surface area contributed by atoms with Crippen LogP contribution in [0.15, 0.2) is 53.5 Å². The number of carbonyl (C=O) groups excluding carboxylic acids is 2. The molecule has 14 heteroatoms. The number of rotatable bonds is 4. The summed E-state index contributed by atoms with van der Waals surface area (Å²) >= 11 is 6.65. The highest BCUT2D eigenvalue weighted by molar-refractivity contribution is 6.34. The van der Waals surface area contributed by atoms with E-state index in [1.807, 2.05) is 30.3 Å². The summed E-state index contributed by atoms with van der Waals surface area (Å²) in [5.74, 6) is -4.36. The van der Waals surface area contributed by atoms with Gasteiger partial charge in [-0.05, 0) is 45.2 Å². The lowest BCUT2D eigenvalue weighted by Gasteiger charge is -2.40. The summed E-state index contributed by atoms with van der Waals surface area (Å²) in [5, 5.41) is 3.40. The van der Waals surface area contributed by atoms with Crippen LogP contribution in [0, 0.1) is 11.6 Å². The minimum absolute atomic E-state index is 0.000519. The molecule has 4 heterocycles. The second-order valence-corrected chi connectivity index (χ2v) is 13.5. The molecule has 2 atom stereocenters. The number of likely N-dealkylation sites (tertiary alicyclic amines) is 1. The van der Waals surface area contributed by atoms with Gasteiger partial charge in [-0.2, -0.15) is 5.10 Å². The lowest BCUT2D eigenvalue weighted by molar-refractivity contribution is -0.0216. The highest BCUT2D eigenvalue weighted by Crippen LogP contribution is 2.55.